The molecule has 7 atom stereocenters. The van der Waals surface area contributed by atoms with Gasteiger partial charge in [0.15, 0.2) is 0 Å². The number of hydrogen-bond donors (Lipinski definition) is 0. The summed E-state index contributed by atoms with van der Waals surface area (Å²) in [6.45, 7) is 8.00. The van der Waals surface area contributed by atoms with Gasteiger partial charge in [0, 0.05) is 24.5 Å². The van der Waals surface area contributed by atoms with E-state index in [9.17, 15) is 0 Å². The molecule has 4 fully saturated rings. The third kappa shape index (κ3) is 2.79. The molecule has 4 rings (SSSR count). The molecule has 0 N–H and O–H groups in total. The molecule has 3 aliphatic heterocycles. The Balaban J connectivity index is 1.51. The fourth-order valence-electron chi connectivity index (χ4n) is 5.42. The van der Waals surface area contributed by atoms with Crippen molar-refractivity contribution in [3.63, 3.8) is 0 Å². The summed E-state index contributed by atoms with van der Waals surface area (Å²) in [5, 5.41) is 0. The van der Waals surface area contributed by atoms with Crippen LogP contribution in [0.2, 0.25) is 0 Å². The summed E-state index contributed by atoms with van der Waals surface area (Å²) in [7, 11) is 1.26. The molecule has 6 heteroatoms. The van der Waals surface area contributed by atoms with Gasteiger partial charge in [0.2, 0.25) is 0 Å². The van der Waals surface area contributed by atoms with E-state index in [1.807, 2.05) is 0 Å². The van der Waals surface area contributed by atoms with Crippen molar-refractivity contribution in [3.05, 3.63) is 0 Å². The first kappa shape index (κ1) is 17.7. The molecule has 3 saturated heterocycles. The van der Waals surface area contributed by atoms with Crippen molar-refractivity contribution in [1.82, 2.24) is 4.67 Å². The highest BCUT2D eigenvalue weighted by atomic mass is 31.2. The monoisotopic (exact) mass is 353 g/mol. The quantitative estimate of drug-likeness (QED) is 0.572. The maximum atomic E-state index is 6.75. The van der Waals surface area contributed by atoms with E-state index in [1.165, 1.54) is 38.5 Å². The molecule has 24 heavy (non-hydrogen) atoms. The van der Waals surface area contributed by atoms with Crippen LogP contribution in [0.25, 0.3) is 0 Å². The topological polar surface area (TPSA) is 30.9 Å². The number of nitrogens with zero attached hydrogens (tertiary/aromatic N) is 1. The first-order chi connectivity index (χ1) is 11.5. The molecule has 0 bridgehead atoms. The van der Waals surface area contributed by atoms with Gasteiger partial charge in [-0.25, -0.2) is 4.67 Å². The van der Waals surface area contributed by atoms with E-state index < -0.39 is 8.53 Å². The summed E-state index contributed by atoms with van der Waals surface area (Å²) in [6.07, 6.45) is 9.41. The maximum Gasteiger partial charge on any atom is 0.260 e. The van der Waals surface area contributed by atoms with Crippen LogP contribution < -0.4 is 0 Å². The predicted octanol–water partition coefficient (Wildman–Crippen LogP) is 3.45. The number of rotatable bonds is 4. The summed E-state index contributed by atoms with van der Waals surface area (Å²) in [5.41, 5.74) is 0.00866. The fourth-order valence-corrected chi connectivity index (χ4v) is 7.71. The highest BCUT2D eigenvalue weighted by Gasteiger charge is 2.58. The lowest BCUT2D eigenvalue weighted by Gasteiger charge is -2.34. The van der Waals surface area contributed by atoms with E-state index in [-0.39, 0.29) is 23.8 Å². The van der Waals surface area contributed by atoms with Crippen LogP contribution in [0.5, 0.6) is 0 Å². The third-order valence-corrected chi connectivity index (χ3v) is 9.04. The van der Waals surface area contributed by atoms with Gasteiger partial charge < -0.3 is 13.8 Å². The van der Waals surface area contributed by atoms with Crippen molar-refractivity contribution in [2.45, 2.75) is 95.6 Å². The average Bonchev–Trinajstić information content (AvgIpc) is 3.32. The molecule has 2 unspecified atom stereocenters. The summed E-state index contributed by atoms with van der Waals surface area (Å²) >= 11 is 0. The Morgan fingerprint density at radius 3 is 2.71 bits per heavy atom. The lowest BCUT2D eigenvalue weighted by molar-refractivity contribution is 0.00772. The SMILES string of the molecule is BC1O[C@H](CC)[C@H](O[P@@]2O[C@](C)(C3CCCC3)[C@@H]3CCCN32)C1C. The van der Waals surface area contributed by atoms with Crippen molar-refractivity contribution < 1.29 is 13.8 Å². The van der Waals surface area contributed by atoms with Crippen LogP contribution in [0.1, 0.15) is 65.7 Å². The zero-order valence-electron chi connectivity index (χ0n) is 15.7. The van der Waals surface area contributed by atoms with Crippen LogP contribution in [-0.4, -0.2) is 48.9 Å². The van der Waals surface area contributed by atoms with Gasteiger partial charge in [-0.15, -0.1) is 0 Å². The van der Waals surface area contributed by atoms with Crippen LogP contribution in [-0.2, 0) is 13.8 Å². The van der Waals surface area contributed by atoms with Gasteiger partial charge in [0.1, 0.15) is 7.85 Å². The Bertz CT molecular complexity index is 464. The third-order valence-electron chi connectivity index (χ3n) is 7.17. The minimum absolute atomic E-state index is 0.00866. The van der Waals surface area contributed by atoms with Crippen molar-refractivity contribution in [1.29, 1.82) is 0 Å². The smallest absolute Gasteiger partial charge is 0.260 e. The van der Waals surface area contributed by atoms with Gasteiger partial charge in [-0.05, 0) is 44.9 Å². The molecule has 0 aromatic carbocycles. The molecule has 4 nitrogen and oxygen atoms in total. The predicted molar refractivity (Wildman–Crippen MR) is 99.6 cm³/mol. The molecule has 0 amide bonds. The van der Waals surface area contributed by atoms with Crippen molar-refractivity contribution in [2.24, 2.45) is 11.8 Å². The Hall–Kier alpha value is 0.335. The molecular formula is C18H33BNO3P. The van der Waals surface area contributed by atoms with E-state index in [2.05, 4.69) is 33.3 Å². The van der Waals surface area contributed by atoms with Gasteiger partial charge in [-0.3, -0.25) is 0 Å². The maximum absolute atomic E-state index is 6.75. The second kappa shape index (κ2) is 6.81. The van der Waals surface area contributed by atoms with Gasteiger partial charge >= 0.3 is 0 Å². The molecule has 1 aliphatic carbocycles. The highest BCUT2D eigenvalue weighted by molar-refractivity contribution is 7.45. The van der Waals surface area contributed by atoms with Gasteiger partial charge in [-0.1, -0.05) is 26.7 Å². The van der Waals surface area contributed by atoms with Gasteiger partial charge in [-0.2, -0.15) is 0 Å². The van der Waals surface area contributed by atoms with E-state index in [0.717, 1.165) is 18.9 Å². The molecular weight excluding hydrogens is 320 g/mol. The standard InChI is InChI=1S/C18H33BNO3P/c1-4-14-16(12(2)17(19)21-14)22-24-20-11-7-10-15(20)18(3,23-24)13-8-5-6-9-13/h12-17H,4-11,19H2,1-3H3/t12?,14-,15+,16-,17?,18-,24+/m1/s1. The minimum atomic E-state index is -0.925. The molecule has 0 aromatic heterocycles. The minimum Gasteiger partial charge on any atom is -0.381 e. The number of fused-ring (bicyclic) bond motifs is 1. The van der Waals surface area contributed by atoms with E-state index in [4.69, 9.17) is 13.8 Å². The van der Waals surface area contributed by atoms with Crippen LogP contribution in [0.4, 0.5) is 0 Å². The van der Waals surface area contributed by atoms with Crippen LogP contribution in [0.15, 0.2) is 0 Å². The largest absolute Gasteiger partial charge is 0.381 e. The number of ether oxygens (including phenoxy) is 1. The molecule has 4 aliphatic rings. The van der Waals surface area contributed by atoms with E-state index in [1.54, 1.807) is 0 Å². The Kier molecular flexibility index (Phi) is 5.03. The Morgan fingerprint density at radius 2 is 2.00 bits per heavy atom. The van der Waals surface area contributed by atoms with Crippen molar-refractivity contribution in [2.75, 3.05) is 6.54 Å². The van der Waals surface area contributed by atoms with Crippen LogP contribution in [0.3, 0.4) is 0 Å². The summed E-state index contributed by atoms with van der Waals surface area (Å²) in [5.74, 6) is 1.16. The zero-order valence-corrected chi connectivity index (χ0v) is 16.6. The molecule has 3 heterocycles. The van der Waals surface area contributed by atoms with Crippen LogP contribution in [0, 0.1) is 11.8 Å². The average molecular weight is 353 g/mol. The van der Waals surface area contributed by atoms with Crippen molar-refractivity contribution in [3.8, 4) is 0 Å². The van der Waals surface area contributed by atoms with Gasteiger partial charge in [0.25, 0.3) is 8.53 Å². The Morgan fingerprint density at radius 1 is 1.25 bits per heavy atom. The molecule has 136 valence electrons. The van der Waals surface area contributed by atoms with E-state index in [0.29, 0.717) is 12.0 Å². The lowest BCUT2D eigenvalue weighted by atomic mass is 9.81. The summed E-state index contributed by atoms with van der Waals surface area (Å²) in [4.78, 5) is 0. The van der Waals surface area contributed by atoms with Crippen molar-refractivity contribution >= 4 is 16.4 Å². The van der Waals surface area contributed by atoms with Gasteiger partial charge in [0.05, 0.1) is 17.8 Å². The Labute approximate surface area is 149 Å². The molecule has 0 radical (unpaired) electrons. The fraction of sp³-hybridized carbons (Fsp3) is 1.00. The molecule has 0 spiro atoms. The normalized spacial score (nSPS) is 50.0. The molecule has 0 aromatic rings. The van der Waals surface area contributed by atoms with Crippen LogP contribution >= 0.6 is 8.53 Å². The highest BCUT2D eigenvalue weighted by Crippen LogP contribution is 2.64. The second-order valence-corrected chi connectivity index (χ2v) is 9.92. The first-order valence-corrected chi connectivity index (χ1v) is 11.3. The number of hydrogen-bond acceptors (Lipinski definition) is 4. The molecule has 1 saturated carbocycles. The first-order valence-electron chi connectivity index (χ1n) is 10.1. The summed E-state index contributed by atoms with van der Waals surface area (Å²) < 4.78 is 22.1. The summed E-state index contributed by atoms with van der Waals surface area (Å²) in [6, 6.07) is 0.856. The lowest BCUT2D eigenvalue weighted by Crippen LogP contribution is -2.44. The van der Waals surface area contributed by atoms with E-state index >= 15 is 0 Å². The zero-order chi connectivity index (χ0) is 16.9. The second-order valence-electron chi connectivity index (χ2n) is 8.53.